The van der Waals surface area contributed by atoms with Crippen molar-refractivity contribution in [1.29, 1.82) is 0 Å². The van der Waals surface area contributed by atoms with Gasteiger partial charge in [-0.15, -0.1) is 0 Å². The van der Waals surface area contributed by atoms with E-state index in [0.717, 1.165) is 5.69 Å². The number of hydrogen-bond donors (Lipinski definition) is 0. The van der Waals surface area contributed by atoms with E-state index in [0.29, 0.717) is 0 Å². The number of fused-ring (bicyclic) bond motifs is 5. The van der Waals surface area contributed by atoms with Crippen LogP contribution in [0.2, 0.25) is 0 Å². The quantitative estimate of drug-likeness (QED) is 0.179. The first-order chi connectivity index (χ1) is 26.1. The van der Waals surface area contributed by atoms with Crippen molar-refractivity contribution in [3.05, 3.63) is 194 Å². The van der Waals surface area contributed by atoms with Gasteiger partial charge in [-0.2, -0.15) is 0 Å². The Morgan fingerprint density at radius 2 is 0.849 bits per heavy atom. The molecule has 0 unspecified atom stereocenters. The maximum absolute atomic E-state index is 2.40. The van der Waals surface area contributed by atoms with Gasteiger partial charge in [0.1, 0.15) is 0 Å². The van der Waals surface area contributed by atoms with E-state index >= 15 is 0 Å². The number of anilines is 5. The Morgan fingerprint density at radius 3 is 1.58 bits per heavy atom. The number of aryl methyl sites for hydroxylation is 1. The summed E-state index contributed by atoms with van der Waals surface area (Å²) in [5.41, 5.74) is 18.0. The minimum Gasteiger partial charge on any atom is -0.341 e. The van der Waals surface area contributed by atoms with Gasteiger partial charge in [0.25, 0.3) is 0 Å². The van der Waals surface area contributed by atoms with Gasteiger partial charge in [-0.25, -0.2) is 0 Å². The molecule has 3 nitrogen and oxygen atoms in total. The molecule has 0 saturated heterocycles. The molecule has 0 saturated carbocycles. The van der Waals surface area contributed by atoms with E-state index < -0.39 is 0 Å². The van der Waals surface area contributed by atoms with Crippen LogP contribution >= 0.6 is 0 Å². The van der Waals surface area contributed by atoms with E-state index in [2.05, 4.69) is 216 Å². The maximum Gasteiger partial charge on any atom is 0.0700 e. The second kappa shape index (κ2) is 12.4. The highest BCUT2D eigenvalue weighted by Gasteiger charge is 2.28. The Morgan fingerprint density at radius 1 is 0.340 bits per heavy atom. The molecule has 0 N–H and O–H groups in total. The third-order valence-corrected chi connectivity index (χ3v) is 10.8. The molecular weight excluding hydrogens is 643 g/mol. The predicted octanol–water partition coefficient (Wildman–Crippen LogP) is 13.6. The normalized spacial score (nSPS) is 12.3. The van der Waals surface area contributed by atoms with Crippen molar-refractivity contribution in [2.75, 3.05) is 16.8 Å². The fourth-order valence-electron chi connectivity index (χ4n) is 8.09. The largest absolute Gasteiger partial charge is 0.341 e. The predicted molar refractivity (Wildman–Crippen MR) is 225 cm³/mol. The van der Waals surface area contributed by atoms with Crippen LogP contribution in [-0.2, 0) is 0 Å². The molecule has 252 valence electrons. The highest BCUT2D eigenvalue weighted by atomic mass is 15.3. The van der Waals surface area contributed by atoms with Gasteiger partial charge in [0.15, 0.2) is 0 Å². The summed E-state index contributed by atoms with van der Waals surface area (Å²) in [6.07, 6.45) is 0. The minimum atomic E-state index is 1.14. The average Bonchev–Trinajstić information content (AvgIpc) is 3.56. The summed E-state index contributed by atoms with van der Waals surface area (Å²) in [5.74, 6) is 0. The SMILES string of the molecule is Cc1ccc2c(c1)N(C)c1cc(-c3ccccc3)ccc1N2c1ccc(-c2ccc(-c3ccc4c(c3)c3ccccc3n4-c3ccccc3)cc2)cc1. The molecule has 0 aliphatic carbocycles. The number of rotatable bonds is 5. The zero-order chi connectivity index (χ0) is 35.5. The summed E-state index contributed by atoms with van der Waals surface area (Å²) in [4.78, 5) is 4.73. The number of hydrogen-bond acceptors (Lipinski definition) is 2. The number of benzene rings is 8. The lowest BCUT2D eigenvalue weighted by Crippen LogP contribution is -2.24. The van der Waals surface area contributed by atoms with Gasteiger partial charge in [0.2, 0.25) is 0 Å². The molecule has 0 radical (unpaired) electrons. The molecule has 8 aromatic carbocycles. The summed E-state index contributed by atoms with van der Waals surface area (Å²) < 4.78 is 2.36. The Labute approximate surface area is 310 Å². The monoisotopic (exact) mass is 679 g/mol. The molecular formula is C50H37N3. The first-order valence-corrected chi connectivity index (χ1v) is 18.2. The number of para-hydroxylation sites is 2. The van der Waals surface area contributed by atoms with E-state index in [1.807, 2.05) is 0 Å². The molecule has 1 aliphatic rings. The van der Waals surface area contributed by atoms with Crippen molar-refractivity contribution in [1.82, 2.24) is 4.57 Å². The van der Waals surface area contributed by atoms with E-state index in [-0.39, 0.29) is 0 Å². The zero-order valence-corrected chi connectivity index (χ0v) is 29.7. The lowest BCUT2D eigenvalue weighted by atomic mass is 9.98. The fraction of sp³-hybridized carbons (Fsp3) is 0.0400. The molecule has 2 heterocycles. The van der Waals surface area contributed by atoms with Crippen LogP contribution in [0.4, 0.5) is 28.4 Å². The van der Waals surface area contributed by atoms with Gasteiger partial charge >= 0.3 is 0 Å². The molecule has 0 fully saturated rings. The van der Waals surface area contributed by atoms with Gasteiger partial charge in [0.05, 0.1) is 33.8 Å². The molecule has 0 spiro atoms. The highest BCUT2D eigenvalue weighted by molar-refractivity contribution is 6.10. The number of nitrogens with zero attached hydrogens (tertiary/aromatic N) is 3. The van der Waals surface area contributed by atoms with Gasteiger partial charge in [-0.05, 0) is 113 Å². The van der Waals surface area contributed by atoms with Gasteiger partial charge in [0, 0.05) is 29.2 Å². The smallest absolute Gasteiger partial charge is 0.0700 e. The van der Waals surface area contributed by atoms with Crippen LogP contribution in [0.25, 0.3) is 60.9 Å². The molecule has 3 heteroatoms. The third-order valence-electron chi connectivity index (χ3n) is 10.8. The Kier molecular flexibility index (Phi) is 7.26. The second-order valence-corrected chi connectivity index (χ2v) is 14.0. The average molecular weight is 680 g/mol. The van der Waals surface area contributed by atoms with Crippen LogP contribution in [0.15, 0.2) is 188 Å². The maximum atomic E-state index is 2.40. The summed E-state index contributed by atoms with van der Waals surface area (Å²) in [5, 5.41) is 2.53. The van der Waals surface area contributed by atoms with Gasteiger partial charge < -0.3 is 14.4 Å². The summed E-state index contributed by atoms with van der Waals surface area (Å²) in [6, 6.07) is 68.4. The minimum absolute atomic E-state index is 1.14. The van der Waals surface area contributed by atoms with Crippen LogP contribution in [0.3, 0.4) is 0 Å². The molecule has 1 aromatic heterocycles. The third kappa shape index (κ3) is 5.20. The fourth-order valence-corrected chi connectivity index (χ4v) is 8.09. The van der Waals surface area contributed by atoms with E-state index in [4.69, 9.17) is 0 Å². The van der Waals surface area contributed by atoms with Crippen LogP contribution in [-0.4, -0.2) is 11.6 Å². The second-order valence-electron chi connectivity index (χ2n) is 14.0. The number of aromatic nitrogens is 1. The van der Waals surface area contributed by atoms with Crippen LogP contribution in [0, 0.1) is 6.92 Å². The first kappa shape index (κ1) is 30.9. The Hall–Kier alpha value is -6.84. The first-order valence-electron chi connectivity index (χ1n) is 18.2. The van der Waals surface area contributed by atoms with Crippen molar-refractivity contribution >= 4 is 50.2 Å². The van der Waals surface area contributed by atoms with E-state index in [9.17, 15) is 0 Å². The standard InChI is InChI=1S/C50H37N3/c1-34-17-28-47-49(31-34)51(2)50-33-40(35-11-5-3-6-12-35)25-30-48(50)53(47)42-26-22-37(23-27-42)36-18-20-38(21-19-36)39-24-29-46-44(32-39)43-15-9-10-16-45(43)52(46)41-13-7-4-8-14-41/h3-33H,1-2H3. The van der Waals surface area contributed by atoms with Crippen molar-refractivity contribution in [3.8, 4) is 39.1 Å². The van der Waals surface area contributed by atoms with Crippen LogP contribution < -0.4 is 9.80 Å². The molecule has 9 aromatic rings. The topological polar surface area (TPSA) is 11.4 Å². The molecule has 0 bridgehead atoms. The lowest BCUT2D eigenvalue weighted by molar-refractivity contribution is 1.12. The van der Waals surface area contributed by atoms with Crippen molar-refractivity contribution in [2.45, 2.75) is 6.92 Å². The molecule has 53 heavy (non-hydrogen) atoms. The van der Waals surface area contributed by atoms with E-state index in [1.54, 1.807) is 0 Å². The van der Waals surface area contributed by atoms with Crippen molar-refractivity contribution in [2.24, 2.45) is 0 Å². The molecule has 10 rings (SSSR count). The van der Waals surface area contributed by atoms with Crippen LogP contribution in [0.1, 0.15) is 5.56 Å². The molecule has 1 aliphatic heterocycles. The summed E-state index contributed by atoms with van der Waals surface area (Å²) >= 11 is 0. The Balaban J connectivity index is 0.981. The van der Waals surface area contributed by atoms with Crippen molar-refractivity contribution in [3.63, 3.8) is 0 Å². The lowest BCUT2D eigenvalue weighted by Gasteiger charge is -2.39. The van der Waals surface area contributed by atoms with Gasteiger partial charge in [-0.1, -0.05) is 121 Å². The summed E-state index contributed by atoms with van der Waals surface area (Å²) in [7, 11) is 2.18. The van der Waals surface area contributed by atoms with E-state index in [1.165, 1.54) is 89.2 Å². The Bertz CT molecular complexity index is 2780. The molecule has 0 amide bonds. The molecule has 0 atom stereocenters. The zero-order valence-electron chi connectivity index (χ0n) is 29.7. The highest BCUT2D eigenvalue weighted by Crippen LogP contribution is 2.52. The summed E-state index contributed by atoms with van der Waals surface area (Å²) in [6.45, 7) is 2.16. The van der Waals surface area contributed by atoms with Gasteiger partial charge in [-0.3, -0.25) is 0 Å². The van der Waals surface area contributed by atoms with Crippen LogP contribution in [0.5, 0.6) is 0 Å². The van der Waals surface area contributed by atoms with Crippen molar-refractivity contribution < 1.29 is 0 Å².